The number of carboxylic acid groups (broad SMARTS) is 1. The summed E-state index contributed by atoms with van der Waals surface area (Å²) >= 11 is 0. The van der Waals surface area contributed by atoms with Gasteiger partial charge in [0.05, 0.1) is 0 Å². The van der Waals surface area contributed by atoms with Crippen molar-refractivity contribution >= 4 is 5.97 Å². The topological polar surface area (TPSA) is 40.1 Å². The quantitative estimate of drug-likeness (QED) is 0.247. The Balaban J connectivity index is 0. The first kappa shape index (κ1) is 26.3. The second-order valence-electron chi connectivity index (χ2n) is 6.06. The van der Waals surface area contributed by atoms with Gasteiger partial charge in [0.25, 0.3) is 0 Å². The number of carboxylic acids is 1. The first-order valence-electron chi connectivity index (χ1n) is 9.57. The summed E-state index contributed by atoms with van der Waals surface area (Å²) < 4.78 is 0. The molecule has 0 fully saturated rings. The van der Waals surface area contributed by atoms with Crippen molar-refractivity contribution < 1.29 is 28.8 Å². The first-order chi connectivity index (χ1) is 11.8. The van der Waals surface area contributed by atoms with Crippen LogP contribution in [0.1, 0.15) is 84.0 Å². The summed E-state index contributed by atoms with van der Waals surface area (Å²) in [6, 6.07) is 0. The molecule has 0 aromatic carbocycles. The Kier molecular flexibility index (Phi) is 24.2. The van der Waals surface area contributed by atoms with Gasteiger partial charge < -0.3 is 9.90 Å². The molecule has 0 rings (SSSR count). The Morgan fingerprint density at radius 3 is 1.56 bits per heavy atom. The van der Waals surface area contributed by atoms with E-state index in [1.807, 2.05) is 0 Å². The molecule has 0 spiro atoms. The molecule has 136 valence electrons. The van der Waals surface area contributed by atoms with Gasteiger partial charge in [0.2, 0.25) is 0 Å². The fourth-order valence-corrected chi connectivity index (χ4v) is 2.27. The van der Waals surface area contributed by atoms with Crippen LogP contribution in [0.4, 0.5) is 0 Å². The molecule has 0 amide bonds. The van der Waals surface area contributed by atoms with Crippen LogP contribution in [-0.4, -0.2) is 5.97 Å². The minimum absolute atomic E-state index is 0. The Bertz CT molecular complexity index is 395. The predicted molar refractivity (Wildman–Crippen MR) is 103 cm³/mol. The number of unbranched alkanes of at least 4 members (excludes halogenated alkanes) is 6. The Labute approximate surface area is 167 Å². The molecule has 0 aromatic rings. The van der Waals surface area contributed by atoms with Gasteiger partial charge in [-0.3, -0.25) is 0 Å². The third-order valence-electron chi connectivity index (χ3n) is 3.71. The third kappa shape index (κ3) is 25.4. The van der Waals surface area contributed by atoms with Crippen LogP contribution in [0, 0.1) is 0 Å². The monoisotopic (exact) mass is 338 g/mol. The maximum atomic E-state index is 10.2. The standard InChI is InChI=1S/C22H36O2.Li/c1-2-3-4-5-6-7-8-9-10-11-12-13-14-15-16-17-18-19-20-21-22(23)24;/h6-7,9-10,12-13,15-16H,2-5,8,11,14,17-21H2,1H3,(H,23,24);/q;+1/p-1/b7-6-,10-9-,13-12-,16-15-;. The average Bonchev–Trinajstić information content (AvgIpc) is 2.56. The molecule has 0 heterocycles. The van der Waals surface area contributed by atoms with Crippen LogP contribution in [0.15, 0.2) is 48.6 Å². The van der Waals surface area contributed by atoms with Crippen molar-refractivity contribution in [2.75, 3.05) is 0 Å². The number of aliphatic carboxylic acids is 1. The zero-order valence-electron chi connectivity index (χ0n) is 16.4. The zero-order chi connectivity index (χ0) is 17.7. The van der Waals surface area contributed by atoms with Crippen molar-refractivity contribution in [3.8, 4) is 0 Å². The molecule has 3 heteroatoms. The molecule has 25 heavy (non-hydrogen) atoms. The molecule has 0 aliphatic carbocycles. The van der Waals surface area contributed by atoms with E-state index in [-0.39, 0.29) is 25.3 Å². The SMILES string of the molecule is CCCCC/C=C\C/C=C\C/C=C\C/C=C\CCCCCC(=O)[O-].[Li+]. The van der Waals surface area contributed by atoms with E-state index in [0.717, 1.165) is 44.9 Å². The molecular weight excluding hydrogens is 303 g/mol. The molecule has 0 aliphatic rings. The summed E-state index contributed by atoms with van der Waals surface area (Å²) in [6.45, 7) is 2.24. The minimum atomic E-state index is -0.937. The van der Waals surface area contributed by atoms with Gasteiger partial charge in [-0.05, 0) is 57.8 Å². The van der Waals surface area contributed by atoms with Crippen molar-refractivity contribution in [1.29, 1.82) is 0 Å². The summed E-state index contributed by atoms with van der Waals surface area (Å²) in [7, 11) is 0. The van der Waals surface area contributed by atoms with E-state index in [0.29, 0.717) is 0 Å². The first-order valence-corrected chi connectivity index (χ1v) is 9.57. The molecule has 0 saturated heterocycles. The van der Waals surface area contributed by atoms with Crippen LogP contribution in [0.2, 0.25) is 0 Å². The van der Waals surface area contributed by atoms with E-state index < -0.39 is 5.97 Å². The van der Waals surface area contributed by atoms with Gasteiger partial charge in [-0.1, -0.05) is 74.8 Å². The van der Waals surface area contributed by atoms with Crippen LogP contribution in [0.25, 0.3) is 0 Å². The van der Waals surface area contributed by atoms with Gasteiger partial charge in [-0.25, -0.2) is 0 Å². The smallest absolute Gasteiger partial charge is 0.550 e. The fourth-order valence-electron chi connectivity index (χ4n) is 2.27. The second kappa shape index (κ2) is 23.0. The van der Waals surface area contributed by atoms with E-state index in [1.54, 1.807) is 0 Å². The minimum Gasteiger partial charge on any atom is -0.550 e. The zero-order valence-corrected chi connectivity index (χ0v) is 16.4. The summed E-state index contributed by atoms with van der Waals surface area (Å²) in [5.41, 5.74) is 0. The van der Waals surface area contributed by atoms with Crippen LogP contribution < -0.4 is 24.0 Å². The largest absolute Gasteiger partial charge is 1.00 e. The van der Waals surface area contributed by atoms with E-state index >= 15 is 0 Å². The third-order valence-corrected chi connectivity index (χ3v) is 3.71. The molecular formula is C22H35LiO2. The molecule has 0 aromatic heterocycles. The normalized spacial score (nSPS) is 11.9. The van der Waals surface area contributed by atoms with Crippen LogP contribution >= 0.6 is 0 Å². The van der Waals surface area contributed by atoms with Gasteiger partial charge >= 0.3 is 18.9 Å². The van der Waals surface area contributed by atoms with Crippen molar-refractivity contribution in [1.82, 2.24) is 0 Å². The maximum absolute atomic E-state index is 10.2. The number of hydrogen-bond acceptors (Lipinski definition) is 2. The van der Waals surface area contributed by atoms with Crippen molar-refractivity contribution in [2.24, 2.45) is 0 Å². The van der Waals surface area contributed by atoms with Crippen molar-refractivity contribution in [2.45, 2.75) is 84.0 Å². The van der Waals surface area contributed by atoms with E-state index in [2.05, 4.69) is 55.5 Å². The van der Waals surface area contributed by atoms with Gasteiger partial charge in [0, 0.05) is 5.97 Å². The summed E-state index contributed by atoms with van der Waals surface area (Å²) in [4.78, 5) is 10.2. The van der Waals surface area contributed by atoms with E-state index in [1.165, 1.54) is 25.7 Å². The molecule has 0 unspecified atom stereocenters. The second-order valence-corrected chi connectivity index (χ2v) is 6.06. The Morgan fingerprint density at radius 1 is 0.680 bits per heavy atom. The predicted octanol–water partition coefficient (Wildman–Crippen LogP) is 2.67. The molecule has 0 N–H and O–H groups in total. The molecule has 2 nitrogen and oxygen atoms in total. The fraction of sp³-hybridized carbons (Fsp3) is 0.591. The Morgan fingerprint density at radius 2 is 1.12 bits per heavy atom. The summed E-state index contributed by atoms with van der Waals surface area (Å²) in [5, 5.41) is 10.2. The Hall–Kier alpha value is -0.973. The van der Waals surface area contributed by atoms with Gasteiger partial charge in [-0.2, -0.15) is 0 Å². The van der Waals surface area contributed by atoms with Crippen molar-refractivity contribution in [3.05, 3.63) is 48.6 Å². The van der Waals surface area contributed by atoms with Crippen LogP contribution in [0.3, 0.4) is 0 Å². The molecule has 0 bridgehead atoms. The number of hydrogen-bond donors (Lipinski definition) is 0. The van der Waals surface area contributed by atoms with E-state index in [9.17, 15) is 9.90 Å². The maximum Gasteiger partial charge on any atom is 1.00 e. The number of allylic oxidation sites excluding steroid dienone is 8. The number of rotatable bonds is 16. The molecule has 0 radical (unpaired) electrons. The number of carbonyl (C=O) groups excluding carboxylic acids is 1. The average molecular weight is 338 g/mol. The summed E-state index contributed by atoms with van der Waals surface area (Å²) in [5.74, 6) is -0.937. The van der Waals surface area contributed by atoms with Crippen molar-refractivity contribution in [3.63, 3.8) is 0 Å². The van der Waals surface area contributed by atoms with Gasteiger partial charge in [0.1, 0.15) is 0 Å². The van der Waals surface area contributed by atoms with Crippen LogP contribution in [0.5, 0.6) is 0 Å². The molecule has 0 saturated carbocycles. The van der Waals surface area contributed by atoms with E-state index in [4.69, 9.17) is 0 Å². The van der Waals surface area contributed by atoms with Crippen LogP contribution in [-0.2, 0) is 4.79 Å². The molecule has 0 atom stereocenters. The molecule has 0 aliphatic heterocycles. The number of carbonyl (C=O) groups is 1. The van der Waals surface area contributed by atoms with Gasteiger partial charge in [-0.15, -0.1) is 0 Å². The summed E-state index contributed by atoms with van der Waals surface area (Å²) in [6.07, 6.45) is 29.9. The van der Waals surface area contributed by atoms with Gasteiger partial charge in [0.15, 0.2) is 0 Å².